The van der Waals surface area contributed by atoms with E-state index in [0.717, 1.165) is 5.56 Å². The molecule has 2 aliphatic rings. The predicted octanol–water partition coefficient (Wildman–Crippen LogP) is 2.24. The number of rotatable bonds is 5. The standard InChI is InChI=1S/C21H28N8O4/c1-4-15-17-14(10-29(15)21(31)32)25-18(27-19(17)28-6-7-33-11-12(28)3)13-8-24-16(9-23-13)26-20(30)22-5-2/h8-9,12,15H,4-7,10-11H2,1-3H3,(H,31,32)(H2,22,24,26,30)/t12?,15-/m0/s1. The van der Waals surface area contributed by atoms with Crippen LogP contribution in [0.3, 0.4) is 0 Å². The highest BCUT2D eigenvalue weighted by Crippen LogP contribution is 2.41. The zero-order chi connectivity index (χ0) is 23.5. The van der Waals surface area contributed by atoms with E-state index in [1.165, 1.54) is 17.3 Å². The first-order valence-electron chi connectivity index (χ1n) is 11.0. The molecule has 12 nitrogen and oxygen atoms in total. The molecule has 12 heteroatoms. The number of nitrogens with zero attached hydrogens (tertiary/aromatic N) is 6. The van der Waals surface area contributed by atoms with Crippen molar-refractivity contribution in [3.05, 3.63) is 23.7 Å². The van der Waals surface area contributed by atoms with Crippen LogP contribution in [0.1, 0.15) is 44.5 Å². The van der Waals surface area contributed by atoms with Crippen LogP contribution in [0.4, 0.5) is 21.2 Å². The first-order valence-corrected chi connectivity index (χ1v) is 11.0. The van der Waals surface area contributed by atoms with Gasteiger partial charge < -0.3 is 20.1 Å². The van der Waals surface area contributed by atoms with E-state index in [0.29, 0.717) is 61.6 Å². The number of fused-ring (bicyclic) bond motifs is 1. The fraction of sp³-hybridized carbons (Fsp3) is 0.524. The van der Waals surface area contributed by atoms with E-state index in [9.17, 15) is 14.7 Å². The molecule has 1 fully saturated rings. The highest BCUT2D eigenvalue weighted by molar-refractivity contribution is 5.88. The number of hydrogen-bond acceptors (Lipinski definition) is 8. The fourth-order valence-corrected chi connectivity index (χ4v) is 4.22. The van der Waals surface area contributed by atoms with Gasteiger partial charge in [-0.25, -0.2) is 29.5 Å². The van der Waals surface area contributed by atoms with Gasteiger partial charge in [0.05, 0.1) is 49.9 Å². The van der Waals surface area contributed by atoms with E-state index < -0.39 is 6.09 Å². The molecule has 0 aromatic carbocycles. The van der Waals surface area contributed by atoms with Gasteiger partial charge in [-0.2, -0.15) is 0 Å². The molecular weight excluding hydrogens is 428 g/mol. The monoisotopic (exact) mass is 456 g/mol. The number of urea groups is 1. The Bertz CT molecular complexity index is 1030. The minimum absolute atomic E-state index is 0.0803. The summed E-state index contributed by atoms with van der Waals surface area (Å²) in [7, 11) is 0. The van der Waals surface area contributed by atoms with Crippen molar-refractivity contribution in [1.82, 2.24) is 30.2 Å². The summed E-state index contributed by atoms with van der Waals surface area (Å²) in [4.78, 5) is 45.3. The predicted molar refractivity (Wildman–Crippen MR) is 120 cm³/mol. The quantitative estimate of drug-likeness (QED) is 0.616. The van der Waals surface area contributed by atoms with Crippen LogP contribution >= 0.6 is 0 Å². The van der Waals surface area contributed by atoms with Crippen LogP contribution in [-0.2, 0) is 11.3 Å². The molecule has 2 aromatic rings. The molecule has 0 radical (unpaired) electrons. The summed E-state index contributed by atoms with van der Waals surface area (Å²) in [5.41, 5.74) is 1.96. The Morgan fingerprint density at radius 2 is 2.06 bits per heavy atom. The Morgan fingerprint density at radius 3 is 2.70 bits per heavy atom. The van der Waals surface area contributed by atoms with Crippen molar-refractivity contribution in [3.8, 4) is 11.5 Å². The third-order valence-electron chi connectivity index (χ3n) is 5.77. The third kappa shape index (κ3) is 4.51. The van der Waals surface area contributed by atoms with Gasteiger partial charge in [0.15, 0.2) is 11.6 Å². The number of anilines is 2. The maximum Gasteiger partial charge on any atom is 0.408 e. The number of amides is 3. The van der Waals surface area contributed by atoms with E-state index in [2.05, 4.69) is 37.4 Å². The van der Waals surface area contributed by atoms with Crippen molar-refractivity contribution in [2.45, 2.75) is 45.8 Å². The molecule has 0 saturated carbocycles. The van der Waals surface area contributed by atoms with Crippen LogP contribution in [-0.4, -0.2) is 74.4 Å². The molecule has 176 valence electrons. The average molecular weight is 457 g/mol. The highest BCUT2D eigenvalue weighted by atomic mass is 16.5. The first kappa shape index (κ1) is 22.6. The molecule has 3 amide bonds. The van der Waals surface area contributed by atoms with E-state index >= 15 is 0 Å². The van der Waals surface area contributed by atoms with Crippen molar-refractivity contribution in [2.24, 2.45) is 0 Å². The van der Waals surface area contributed by atoms with Gasteiger partial charge in [0.2, 0.25) is 0 Å². The van der Waals surface area contributed by atoms with Crippen molar-refractivity contribution in [1.29, 1.82) is 0 Å². The Balaban J connectivity index is 1.73. The summed E-state index contributed by atoms with van der Waals surface area (Å²) < 4.78 is 5.59. The lowest BCUT2D eigenvalue weighted by Gasteiger charge is -2.36. The Hall–Kier alpha value is -3.54. The summed E-state index contributed by atoms with van der Waals surface area (Å²) in [5.74, 6) is 1.38. The minimum atomic E-state index is -0.983. The summed E-state index contributed by atoms with van der Waals surface area (Å²) in [6.07, 6.45) is 2.57. The van der Waals surface area contributed by atoms with Crippen LogP contribution in [0.15, 0.2) is 12.4 Å². The fourth-order valence-electron chi connectivity index (χ4n) is 4.22. The molecule has 4 rings (SSSR count). The number of carbonyl (C=O) groups excluding carboxylic acids is 1. The van der Waals surface area contributed by atoms with E-state index in [1.54, 1.807) is 0 Å². The highest BCUT2D eigenvalue weighted by Gasteiger charge is 2.39. The molecule has 33 heavy (non-hydrogen) atoms. The number of carboxylic acid groups (broad SMARTS) is 1. The van der Waals surface area contributed by atoms with Crippen LogP contribution in [0, 0.1) is 0 Å². The van der Waals surface area contributed by atoms with Crippen LogP contribution in [0.5, 0.6) is 0 Å². The Morgan fingerprint density at radius 1 is 1.24 bits per heavy atom. The van der Waals surface area contributed by atoms with Gasteiger partial charge >= 0.3 is 12.1 Å². The van der Waals surface area contributed by atoms with E-state index in [1.807, 2.05) is 13.8 Å². The van der Waals surface area contributed by atoms with Crippen molar-refractivity contribution in [3.63, 3.8) is 0 Å². The number of nitrogens with one attached hydrogen (secondary N) is 2. The van der Waals surface area contributed by atoms with Gasteiger partial charge in [0.1, 0.15) is 11.5 Å². The number of morpholine rings is 1. The number of hydrogen-bond donors (Lipinski definition) is 3. The number of ether oxygens (including phenoxy) is 1. The number of aromatic nitrogens is 4. The minimum Gasteiger partial charge on any atom is -0.465 e. The molecule has 2 atom stereocenters. The summed E-state index contributed by atoms with van der Waals surface area (Å²) in [6, 6.07) is -0.598. The topological polar surface area (TPSA) is 146 Å². The lowest BCUT2D eigenvalue weighted by molar-refractivity contribution is 0.0981. The molecule has 0 bridgehead atoms. The molecule has 3 N–H and O–H groups in total. The maximum atomic E-state index is 11.9. The zero-order valence-electron chi connectivity index (χ0n) is 18.9. The number of carbonyl (C=O) groups is 2. The maximum absolute atomic E-state index is 11.9. The van der Waals surface area contributed by atoms with Gasteiger partial charge in [-0.05, 0) is 20.3 Å². The zero-order valence-corrected chi connectivity index (χ0v) is 18.9. The van der Waals surface area contributed by atoms with Gasteiger partial charge in [-0.1, -0.05) is 6.92 Å². The lowest BCUT2D eigenvalue weighted by atomic mass is 10.0. The summed E-state index contributed by atoms with van der Waals surface area (Å²) >= 11 is 0. The van der Waals surface area contributed by atoms with Crippen LogP contribution in [0.25, 0.3) is 11.5 Å². The van der Waals surface area contributed by atoms with Gasteiger partial charge in [0, 0.05) is 18.7 Å². The largest absolute Gasteiger partial charge is 0.465 e. The summed E-state index contributed by atoms with van der Waals surface area (Å²) in [5, 5.41) is 15.0. The molecule has 2 aliphatic heterocycles. The molecular formula is C21H28N8O4. The van der Waals surface area contributed by atoms with Crippen molar-refractivity contribution in [2.75, 3.05) is 36.5 Å². The van der Waals surface area contributed by atoms with Crippen LogP contribution in [0.2, 0.25) is 0 Å². The second-order valence-corrected chi connectivity index (χ2v) is 7.95. The normalized spacial score (nSPS) is 19.8. The van der Waals surface area contributed by atoms with Gasteiger partial charge in [-0.3, -0.25) is 10.2 Å². The molecule has 4 heterocycles. The smallest absolute Gasteiger partial charge is 0.408 e. The van der Waals surface area contributed by atoms with E-state index in [4.69, 9.17) is 9.72 Å². The van der Waals surface area contributed by atoms with Crippen molar-refractivity contribution < 1.29 is 19.4 Å². The third-order valence-corrected chi connectivity index (χ3v) is 5.77. The SMILES string of the molecule is CCNC(=O)Nc1cnc(-c2nc3c(c(N4CCOCC4C)n2)[C@H](CC)N(C(=O)O)C3)cn1. The Kier molecular flexibility index (Phi) is 6.54. The van der Waals surface area contributed by atoms with Crippen LogP contribution < -0.4 is 15.5 Å². The molecule has 0 spiro atoms. The molecule has 2 aromatic heterocycles. The van der Waals surface area contributed by atoms with Gasteiger partial charge in [0.25, 0.3) is 0 Å². The second kappa shape index (κ2) is 9.53. The second-order valence-electron chi connectivity index (χ2n) is 7.95. The van der Waals surface area contributed by atoms with Crippen molar-refractivity contribution >= 4 is 23.8 Å². The Labute approximate surface area is 191 Å². The van der Waals surface area contributed by atoms with E-state index in [-0.39, 0.29) is 24.7 Å². The average Bonchev–Trinajstić information content (AvgIpc) is 3.18. The lowest BCUT2D eigenvalue weighted by Crippen LogP contribution is -2.45. The molecule has 0 aliphatic carbocycles. The van der Waals surface area contributed by atoms with Gasteiger partial charge in [-0.15, -0.1) is 0 Å². The summed E-state index contributed by atoms with van der Waals surface area (Å²) in [6.45, 7) is 8.30. The molecule has 1 unspecified atom stereocenters. The molecule has 1 saturated heterocycles. The first-order chi connectivity index (χ1) is 15.9.